The highest BCUT2D eigenvalue weighted by molar-refractivity contribution is 5.01. The van der Waals surface area contributed by atoms with Crippen LogP contribution in [0.3, 0.4) is 0 Å². The van der Waals surface area contributed by atoms with Gasteiger partial charge >= 0.3 is 0 Å². The fourth-order valence-electron chi connectivity index (χ4n) is 2.51. The van der Waals surface area contributed by atoms with Crippen LogP contribution in [0.2, 0.25) is 0 Å². The van der Waals surface area contributed by atoms with Crippen molar-refractivity contribution in [1.82, 2.24) is 15.1 Å². The Kier molecular flexibility index (Phi) is 4.36. The van der Waals surface area contributed by atoms with Gasteiger partial charge in [0.05, 0.1) is 5.69 Å². The molecule has 3 nitrogen and oxygen atoms in total. The van der Waals surface area contributed by atoms with Crippen LogP contribution < -0.4 is 5.32 Å². The summed E-state index contributed by atoms with van der Waals surface area (Å²) in [6.45, 7) is 15.3. The van der Waals surface area contributed by atoms with Crippen molar-refractivity contribution in [1.29, 1.82) is 0 Å². The third-order valence-electron chi connectivity index (χ3n) is 2.82. The third kappa shape index (κ3) is 4.90. The fraction of sp³-hybridized carbons (Fsp3) is 0.786. The van der Waals surface area contributed by atoms with Crippen molar-refractivity contribution in [3.63, 3.8) is 0 Å². The Morgan fingerprint density at radius 3 is 2.41 bits per heavy atom. The Labute approximate surface area is 106 Å². The lowest BCUT2D eigenvalue weighted by Gasteiger charge is -2.33. The van der Waals surface area contributed by atoms with Crippen LogP contribution in [0, 0.1) is 5.41 Å². The highest BCUT2D eigenvalue weighted by atomic mass is 15.3. The molecule has 0 aliphatic carbocycles. The van der Waals surface area contributed by atoms with E-state index in [-0.39, 0.29) is 5.54 Å². The van der Waals surface area contributed by atoms with Crippen LogP contribution in [0.1, 0.15) is 53.7 Å². The van der Waals surface area contributed by atoms with Gasteiger partial charge in [-0.3, -0.25) is 4.68 Å². The molecule has 3 heteroatoms. The average molecular weight is 237 g/mol. The topological polar surface area (TPSA) is 29.9 Å². The van der Waals surface area contributed by atoms with Crippen molar-refractivity contribution in [2.24, 2.45) is 5.41 Å². The molecule has 0 aromatic carbocycles. The lowest BCUT2D eigenvalue weighted by molar-refractivity contribution is 0.239. The molecular weight excluding hydrogens is 210 g/mol. The molecule has 0 radical (unpaired) electrons. The predicted octanol–water partition coefficient (Wildman–Crippen LogP) is 3.21. The van der Waals surface area contributed by atoms with E-state index >= 15 is 0 Å². The third-order valence-corrected chi connectivity index (χ3v) is 2.82. The number of nitrogens with zero attached hydrogens (tertiary/aromatic N) is 2. The van der Waals surface area contributed by atoms with Gasteiger partial charge in [-0.25, -0.2) is 0 Å². The van der Waals surface area contributed by atoms with Crippen LogP contribution in [-0.2, 0) is 13.1 Å². The first-order chi connectivity index (χ1) is 7.73. The Hall–Kier alpha value is -0.830. The van der Waals surface area contributed by atoms with Crippen molar-refractivity contribution >= 4 is 0 Å². The van der Waals surface area contributed by atoms with Gasteiger partial charge in [0.15, 0.2) is 0 Å². The number of nitrogens with one attached hydrogen (secondary N) is 1. The van der Waals surface area contributed by atoms with Crippen LogP contribution >= 0.6 is 0 Å². The van der Waals surface area contributed by atoms with Crippen LogP contribution in [0.4, 0.5) is 0 Å². The van der Waals surface area contributed by atoms with Crippen molar-refractivity contribution < 1.29 is 0 Å². The molecule has 1 rings (SSSR count). The molecule has 1 heterocycles. The maximum Gasteiger partial charge on any atom is 0.0522 e. The van der Waals surface area contributed by atoms with Gasteiger partial charge < -0.3 is 5.32 Å². The molecule has 1 aromatic rings. The molecule has 0 spiro atoms. The summed E-state index contributed by atoms with van der Waals surface area (Å²) in [4.78, 5) is 0. The van der Waals surface area contributed by atoms with Crippen LogP contribution in [0.25, 0.3) is 0 Å². The number of rotatable bonds is 5. The summed E-state index contributed by atoms with van der Waals surface area (Å²) in [5.41, 5.74) is 1.76. The normalized spacial score (nSPS) is 13.1. The van der Waals surface area contributed by atoms with Crippen molar-refractivity contribution in [3.8, 4) is 0 Å². The highest BCUT2D eigenvalue weighted by Gasteiger charge is 2.24. The number of aryl methyl sites for hydroxylation is 1. The van der Waals surface area contributed by atoms with E-state index in [9.17, 15) is 0 Å². The molecular formula is C14H27N3. The zero-order valence-electron chi connectivity index (χ0n) is 12.2. The van der Waals surface area contributed by atoms with E-state index in [0.29, 0.717) is 5.41 Å². The van der Waals surface area contributed by atoms with E-state index in [1.807, 2.05) is 10.9 Å². The van der Waals surface area contributed by atoms with Crippen LogP contribution in [0.5, 0.6) is 0 Å². The summed E-state index contributed by atoms with van der Waals surface area (Å²) in [5, 5.41) is 7.92. The molecule has 0 atom stereocenters. The van der Waals surface area contributed by atoms with Gasteiger partial charge in [-0.15, -0.1) is 0 Å². The second-order valence-electron chi connectivity index (χ2n) is 6.61. The summed E-state index contributed by atoms with van der Waals surface area (Å²) in [5.74, 6) is 0. The second-order valence-corrected chi connectivity index (χ2v) is 6.61. The van der Waals surface area contributed by atoms with Gasteiger partial charge in [0.1, 0.15) is 0 Å². The SMILES string of the molecule is CCn1nccc1CNC(C)(C)CC(C)(C)C. The number of aromatic nitrogens is 2. The summed E-state index contributed by atoms with van der Waals surface area (Å²) in [7, 11) is 0. The van der Waals surface area contributed by atoms with Crippen molar-refractivity contribution in [2.75, 3.05) is 0 Å². The Balaban J connectivity index is 2.55. The molecule has 98 valence electrons. The maximum absolute atomic E-state index is 4.29. The van der Waals surface area contributed by atoms with Crippen molar-refractivity contribution in [2.45, 2.75) is 66.6 Å². The van der Waals surface area contributed by atoms with E-state index in [0.717, 1.165) is 19.5 Å². The van der Waals surface area contributed by atoms with Gasteiger partial charge in [-0.2, -0.15) is 5.10 Å². The minimum Gasteiger partial charge on any atom is -0.306 e. The van der Waals surface area contributed by atoms with Gasteiger partial charge in [0, 0.05) is 24.8 Å². The van der Waals surface area contributed by atoms with Gasteiger partial charge in [0.2, 0.25) is 0 Å². The molecule has 0 saturated heterocycles. The minimum atomic E-state index is 0.154. The molecule has 0 amide bonds. The zero-order valence-corrected chi connectivity index (χ0v) is 12.2. The highest BCUT2D eigenvalue weighted by Crippen LogP contribution is 2.26. The van der Waals surface area contributed by atoms with E-state index in [4.69, 9.17) is 0 Å². The average Bonchev–Trinajstić information content (AvgIpc) is 2.58. The fourth-order valence-corrected chi connectivity index (χ4v) is 2.51. The Morgan fingerprint density at radius 2 is 1.88 bits per heavy atom. The smallest absolute Gasteiger partial charge is 0.0522 e. The molecule has 17 heavy (non-hydrogen) atoms. The maximum atomic E-state index is 4.29. The molecule has 0 fully saturated rings. The molecule has 0 bridgehead atoms. The largest absolute Gasteiger partial charge is 0.306 e. The van der Waals surface area contributed by atoms with E-state index < -0.39 is 0 Å². The molecule has 1 aromatic heterocycles. The molecule has 0 unspecified atom stereocenters. The number of hydrogen-bond donors (Lipinski definition) is 1. The Morgan fingerprint density at radius 1 is 1.24 bits per heavy atom. The summed E-state index contributed by atoms with van der Waals surface area (Å²) in [6.07, 6.45) is 3.03. The molecule has 1 N–H and O–H groups in total. The Bertz CT molecular complexity index is 345. The quantitative estimate of drug-likeness (QED) is 0.852. The summed E-state index contributed by atoms with van der Waals surface area (Å²) >= 11 is 0. The zero-order chi connectivity index (χ0) is 13.1. The second kappa shape index (κ2) is 5.21. The van der Waals surface area contributed by atoms with Crippen LogP contribution in [-0.4, -0.2) is 15.3 Å². The minimum absolute atomic E-state index is 0.154. The van der Waals surface area contributed by atoms with Gasteiger partial charge in [-0.05, 0) is 38.7 Å². The van der Waals surface area contributed by atoms with Crippen molar-refractivity contribution in [3.05, 3.63) is 18.0 Å². The standard InChI is InChI=1S/C14H27N3/c1-7-17-12(8-9-16-17)10-15-14(5,6)11-13(2,3)4/h8-9,15H,7,10-11H2,1-6H3. The first-order valence-electron chi connectivity index (χ1n) is 6.49. The lowest BCUT2D eigenvalue weighted by Crippen LogP contribution is -2.42. The molecule has 0 aliphatic rings. The van der Waals surface area contributed by atoms with Crippen LogP contribution in [0.15, 0.2) is 12.3 Å². The monoisotopic (exact) mass is 237 g/mol. The van der Waals surface area contributed by atoms with E-state index in [1.165, 1.54) is 5.69 Å². The van der Waals surface area contributed by atoms with Gasteiger partial charge in [0.25, 0.3) is 0 Å². The first kappa shape index (κ1) is 14.2. The summed E-state index contributed by atoms with van der Waals surface area (Å²) in [6, 6.07) is 2.09. The lowest BCUT2D eigenvalue weighted by atomic mass is 9.82. The van der Waals surface area contributed by atoms with E-state index in [2.05, 4.69) is 58.0 Å². The first-order valence-corrected chi connectivity index (χ1v) is 6.49. The van der Waals surface area contributed by atoms with Gasteiger partial charge in [-0.1, -0.05) is 20.8 Å². The predicted molar refractivity (Wildman–Crippen MR) is 72.9 cm³/mol. The number of hydrogen-bond acceptors (Lipinski definition) is 2. The summed E-state index contributed by atoms with van der Waals surface area (Å²) < 4.78 is 2.04. The molecule has 0 saturated carbocycles. The molecule has 0 aliphatic heterocycles. The van der Waals surface area contributed by atoms with E-state index in [1.54, 1.807) is 0 Å².